The van der Waals surface area contributed by atoms with Gasteiger partial charge in [0.15, 0.2) is 0 Å². The van der Waals surface area contributed by atoms with Gasteiger partial charge in [0.1, 0.15) is 0 Å². The Labute approximate surface area is 82.2 Å². The van der Waals surface area contributed by atoms with Crippen molar-refractivity contribution in [2.24, 2.45) is 0 Å². The van der Waals surface area contributed by atoms with Crippen molar-refractivity contribution in [3.8, 4) is 0 Å². The number of anilines is 2. The molecule has 0 saturated heterocycles. The van der Waals surface area contributed by atoms with Crippen molar-refractivity contribution in [3.05, 3.63) is 6.08 Å². The lowest BCUT2D eigenvalue weighted by Crippen LogP contribution is -2.15. The SMILES string of the molecule is CCNc1nc(F)nc(NC(C)C)n1. The topological polar surface area (TPSA) is 62.7 Å². The largest absolute Gasteiger partial charge is 0.354 e. The molecule has 0 unspecified atom stereocenters. The van der Waals surface area contributed by atoms with E-state index < -0.39 is 6.08 Å². The fourth-order valence-corrected chi connectivity index (χ4v) is 0.910. The second-order valence-electron chi connectivity index (χ2n) is 3.08. The van der Waals surface area contributed by atoms with Crippen LogP contribution in [0.25, 0.3) is 0 Å². The Balaban J connectivity index is 2.83. The fourth-order valence-electron chi connectivity index (χ4n) is 0.910. The van der Waals surface area contributed by atoms with E-state index in [2.05, 4.69) is 25.6 Å². The molecule has 0 bridgehead atoms. The zero-order valence-corrected chi connectivity index (χ0v) is 8.50. The van der Waals surface area contributed by atoms with E-state index in [9.17, 15) is 4.39 Å². The van der Waals surface area contributed by atoms with E-state index in [0.29, 0.717) is 6.54 Å². The molecule has 1 rings (SSSR count). The second kappa shape index (κ2) is 4.69. The maximum absolute atomic E-state index is 12.9. The van der Waals surface area contributed by atoms with Gasteiger partial charge in [-0.1, -0.05) is 0 Å². The molecule has 0 fully saturated rings. The Morgan fingerprint density at radius 2 is 1.86 bits per heavy atom. The summed E-state index contributed by atoms with van der Waals surface area (Å²) in [7, 11) is 0. The Bertz CT molecular complexity index is 302. The van der Waals surface area contributed by atoms with Crippen molar-refractivity contribution < 1.29 is 4.39 Å². The maximum Gasteiger partial charge on any atom is 0.315 e. The van der Waals surface area contributed by atoms with Crippen molar-refractivity contribution in [1.29, 1.82) is 0 Å². The van der Waals surface area contributed by atoms with Crippen LogP contribution in [-0.4, -0.2) is 27.5 Å². The predicted molar refractivity (Wildman–Crippen MR) is 52.7 cm³/mol. The lowest BCUT2D eigenvalue weighted by atomic mass is 10.4. The van der Waals surface area contributed by atoms with Crippen LogP contribution in [0, 0.1) is 6.08 Å². The first kappa shape index (κ1) is 10.6. The Hall–Kier alpha value is -1.46. The van der Waals surface area contributed by atoms with Gasteiger partial charge in [-0.25, -0.2) is 0 Å². The van der Waals surface area contributed by atoms with Crippen molar-refractivity contribution in [2.45, 2.75) is 26.8 Å². The summed E-state index contributed by atoms with van der Waals surface area (Å²) < 4.78 is 12.9. The highest BCUT2D eigenvalue weighted by Crippen LogP contribution is 2.05. The molecule has 0 aromatic carbocycles. The van der Waals surface area contributed by atoms with Crippen molar-refractivity contribution >= 4 is 11.9 Å². The zero-order chi connectivity index (χ0) is 10.6. The molecule has 14 heavy (non-hydrogen) atoms. The normalized spacial score (nSPS) is 10.4. The number of hydrogen-bond acceptors (Lipinski definition) is 5. The van der Waals surface area contributed by atoms with Crippen LogP contribution in [0.5, 0.6) is 0 Å². The van der Waals surface area contributed by atoms with Crippen LogP contribution in [0.2, 0.25) is 0 Å². The number of halogens is 1. The van der Waals surface area contributed by atoms with Gasteiger partial charge in [0.25, 0.3) is 0 Å². The average Bonchev–Trinajstić information content (AvgIpc) is 2.01. The molecule has 0 aliphatic rings. The zero-order valence-electron chi connectivity index (χ0n) is 8.50. The summed E-state index contributed by atoms with van der Waals surface area (Å²) in [6.45, 7) is 6.38. The molecule has 0 saturated carbocycles. The summed E-state index contributed by atoms with van der Waals surface area (Å²) in [5.41, 5.74) is 0. The summed E-state index contributed by atoms with van der Waals surface area (Å²) in [4.78, 5) is 11.0. The van der Waals surface area contributed by atoms with Gasteiger partial charge in [-0.05, 0) is 20.8 Å². The smallest absolute Gasteiger partial charge is 0.315 e. The molecule has 0 spiro atoms. The van der Waals surface area contributed by atoms with E-state index in [1.807, 2.05) is 20.8 Å². The van der Waals surface area contributed by atoms with Crippen LogP contribution < -0.4 is 10.6 Å². The summed E-state index contributed by atoms with van der Waals surface area (Å²) in [5, 5.41) is 5.72. The third-order valence-corrected chi connectivity index (χ3v) is 1.36. The first-order chi connectivity index (χ1) is 6.61. The first-order valence-corrected chi connectivity index (χ1v) is 4.53. The van der Waals surface area contributed by atoms with Crippen LogP contribution in [0.15, 0.2) is 0 Å². The molecule has 2 N–H and O–H groups in total. The predicted octanol–water partition coefficient (Wildman–Crippen LogP) is 1.26. The average molecular weight is 199 g/mol. The fraction of sp³-hybridized carbons (Fsp3) is 0.625. The molecular weight excluding hydrogens is 185 g/mol. The Morgan fingerprint density at radius 3 is 2.43 bits per heavy atom. The standard InChI is InChI=1S/C8H14FN5/c1-4-10-7-12-6(9)13-8(14-7)11-5(2)3/h5H,4H2,1-3H3,(H2,10,11,12,13,14). The van der Waals surface area contributed by atoms with Gasteiger partial charge in [0, 0.05) is 12.6 Å². The number of nitrogens with one attached hydrogen (secondary N) is 2. The van der Waals surface area contributed by atoms with Gasteiger partial charge in [-0.15, -0.1) is 0 Å². The van der Waals surface area contributed by atoms with E-state index in [-0.39, 0.29) is 17.9 Å². The van der Waals surface area contributed by atoms with Gasteiger partial charge in [0.05, 0.1) is 0 Å². The number of hydrogen-bond donors (Lipinski definition) is 2. The molecule has 0 aliphatic heterocycles. The molecule has 0 atom stereocenters. The van der Waals surface area contributed by atoms with Crippen LogP contribution in [-0.2, 0) is 0 Å². The van der Waals surface area contributed by atoms with E-state index >= 15 is 0 Å². The minimum absolute atomic E-state index is 0.159. The molecule has 6 heteroatoms. The molecular formula is C8H14FN5. The summed E-state index contributed by atoms with van der Waals surface area (Å²) in [5.74, 6) is 0.506. The third-order valence-electron chi connectivity index (χ3n) is 1.36. The van der Waals surface area contributed by atoms with E-state index in [4.69, 9.17) is 0 Å². The van der Waals surface area contributed by atoms with Crippen molar-refractivity contribution in [3.63, 3.8) is 0 Å². The molecule has 78 valence electrons. The van der Waals surface area contributed by atoms with Crippen LogP contribution in [0.4, 0.5) is 16.3 Å². The van der Waals surface area contributed by atoms with E-state index in [1.54, 1.807) is 0 Å². The Kier molecular flexibility index (Phi) is 3.55. The molecule has 1 aromatic rings. The lowest BCUT2D eigenvalue weighted by Gasteiger charge is -2.08. The summed E-state index contributed by atoms with van der Waals surface area (Å²) in [6.07, 6.45) is -0.779. The highest BCUT2D eigenvalue weighted by Gasteiger charge is 2.05. The molecule has 0 amide bonds. The highest BCUT2D eigenvalue weighted by molar-refractivity contribution is 5.33. The molecule has 0 aliphatic carbocycles. The van der Waals surface area contributed by atoms with Crippen LogP contribution >= 0.6 is 0 Å². The maximum atomic E-state index is 12.9. The monoisotopic (exact) mass is 199 g/mol. The minimum atomic E-state index is -0.779. The molecule has 1 aromatic heterocycles. The van der Waals surface area contributed by atoms with E-state index in [1.165, 1.54) is 0 Å². The minimum Gasteiger partial charge on any atom is -0.354 e. The van der Waals surface area contributed by atoms with Crippen LogP contribution in [0.1, 0.15) is 20.8 Å². The van der Waals surface area contributed by atoms with Crippen molar-refractivity contribution in [2.75, 3.05) is 17.2 Å². The Morgan fingerprint density at radius 1 is 1.21 bits per heavy atom. The summed E-state index contributed by atoms with van der Waals surface area (Å²) in [6, 6.07) is 0.159. The first-order valence-electron chi connectivity index (χ1n) is 4.53. The van der Waals surface area contributed by atoms with Gasteiger partial charge >= 0.3 is 6.08 Å². The second-order valence-corrected chi connectivity index (χ2v) is 3.08. The molecule has 1 heterocycles. The lowest BCUT2D eigenvalue weighted by molar-refractivity contribution is 0.535. The number of rotatable bonds is 4. The van der Waals surface area contributed by atoms with Gasteiger partial charge in [-0.2, -0.15) is 19.3 Å². The molecule has 0 radical (unpaired) electrons. The van der Waals surface area contributed by atoms with Gasteiger partial charge in [-0.3, -0.25) is 0 Å². The van der Waals surface area contributed by atoms with Gasteiger partial charge < -0.3 is 10.6 Å². The van der Waals surface area contributed by atoms with Gasteiger partial charge in [0.2, 0.25) is 11.9 Å². The number of aromatic nitrogens is 3. The number of nitrogens with zero attached hydrogens (tertiary/aromatic N) is 3. The third kappa shape index (κ3) is 3.12. The quantitative estimate of drug-likeness (QED) is 0.764. The summed E-state index contributed by atoms with van der Waals surface area (Å²) >= 11 is 0. The molecule has 5 nitrogen and oxygen atoms in total. The van der Waals surface area contributed by atoms with Crippen LogP contribution in [0.3, 0.4) is 0 Å². The van der Waals surface area contributed by atoms with Crippen molar-refractivity contribution in [1.82, 2.24) is 15.0 Å². The van der Waals surface area contributed by atoms with E-state index in [0.717, 1.165) is 0 Å². The highest BCUT2D eigenvalue weighted by atomic mass is 19.1.